The molecule has 0 bridgehead atoms. The van der Waals surface area contributed by atoms with Crippen molar-refractivity contribution in [2.45, 2.75) is 25.7 Å². The Labute approximate surface area is 164 Å². The van der Waals surface area contributed by atoms with Crippen LogP contribution in [0.5, 0.6) is 11.5 Å². The summed E-state index contributed by atoms with van der Waals surface area (Å²) in [6, 6.07) is 17.1. The van der Waals surface area contributed by atoms with Gasteiger partial charge in [0.25, 0.3) is 0 Å². The molecule has 0 saturated carbocycles. The molecule has 0 saturated heterocycles. The third-order valence-electron chi connectivity index (χ3n) is 4.91. The smallest absolute Gasteiger partial charge is 0.150 e. The lowest BCUT2D eigenvalue weighted by atomic mass is 9.82. The molecule has 0 fully saturated rings. The summed E-state index contributed by atoms with van der Waals surface area (Å²) < 4.78 is 0. The van der Waals surface area contributed by atoms with Gasteiger partial charge >= 0.3 is 0 Å². The van der Waals surface area contributed by atoms with Crippen molar-refractivity contribution in [1.82, 2.24) is 0 Å². The average Bonchev–Trinajstić information content (AvgIpc) is 2.71. The van der Waals surface area contributed by atoms with E-state index in [0.717, 1.165) is 11.1 Å². The van der Waals surface area contributed by atoms with Gasteiger partial charge in [-0.1, -0.05) is 38.1 Å². The van der Waals surface area contributed by atoms with Crippen LogP contribution in [0.4, 0.5) is 0 Å². The van der Waals surface area contributed by atoms with Crippen molar-refractivity contribution < 1.29 is 19.8 Å². The summed E-state index contributed by atoms with van der Waals surface area (Å²) in [6.45, 7) is 4.17. The minimum atomic E-state index is -0.543. The predicted molar refractivity (Wildman–Crippen MR) is 108 cm³/mol. The molecule has 142 valence electrons. The maximum atomic E-state index is 11.3. The van der Waals surface area contributed by atoms with E-state index in [1.807, 2.05) is 24.3 Å². The first-order valence-electron chi connectivity index (χ1n) is 9.10. The van der Waals surface area contributed by atoms with Crippen LogP contribution >= 0.6 is 0 Å². The molecule has 0 radical (unpaired) electrons. The quantitative estimate of drug-likeness (QED) is 0.469. The summed E-state index contributed by atoms with van der Waals surface area (Å²) in [5.74, 6) is -0.216. The molecule has 2 N–H and O–H groups in total. The first-order chi connectivity index (χ1) is 13.4. The van der Waals surface area contributed by atoms with Crippen molar-refractivity contribution in [2.24, 2.45) is 0 Å². The summed E-state index contributed by atoms with van der Waals surface area (Å²) in [5, 5.41) is 21.1. The zero-order valence-corrected chi connectivity index (χ0v) is 15.8. The average molecular weight is 374 g/mol. The number of phenols is 2. The van der Waals surface area contributed by atoms with E-state index < -0.39 is 5.92 Å². The molecule has 0 unspecified atom stereocenters. The molecule has 0 aromatic heterocycles. The second-order valence-electron chi connectivity index (χ2n) is 7.13. The molecule has 0 aliphatic carbocycles. The number of benzene rings is 3. The molecule has 4 nitrogen and oxygen atoms in total. The Morgan fingerprint density at radius 3 is 1.68 bits per heavy atom. The van der Waals surface area contributed by atoms with E-state index in [1.165, 1.54) is 24.3 Å². The Hall–Kier alpha value is -3.40. The van der Waals surface area contributed by atoms with E-state index in [2.05, 4.69) is 13.8 Å². The van der Waals surface area contributed by atoms with Crippen molar-refractivity contribution in [3.05, 3.63) is 94.0 Å². The summed E-state index contributed by atoms with van der Waals surface area (Å²) in [5.41, 5.74) is 3.78. The molecule has 4 heteroatoms. The zero-order chi connectivity index (χ0) is 20.3. The Bertz CT molecular complexity index is 963. The number of aromatic hydroxyl groups is 2. The molecule has 0 aliphatic rings. The minimum Gasteiger partial charge on any atom is -0.508 e. The lowest BCUT2D eigenvalue weighted by molar-refractivity contribution is 0.111. The highest BCUT2D eigenvalue weighted by atomic mass is 16.3. The van der Waals surface area contributed by atoms with E-state index >= 15 is 0 Å². The lowest BCUT2D eigenvalue weighted by Crippen LogP contribution is -2.06. The first kappa shape index (κ1) is 19.4. The normalized spacial score (nSPS) is 11.0. The Morgan fingerprint density at radius 2 is 1.21 bits per heavy atom. The van der Waals surface area contributed by atoms with Crippen molar-refractivity contribution >= 4 is 12.6 Å². The van der Waals surface area contributed by atoms with Gasteiger partial charge in [-0.25, -0.2) is 0 Å². The number of carbonyl (C=O) groups is 2. The summed E-state index contributed by atoms with van der Waals surface area (Å²) in [4.78, 5) is 22.6. The van der Waals surface area contributed by atoms with Crippen LogP contribution in [0.3, 0.4) is 0 Å². The third-order valence-corrected chi connectivity index (χ3v) is 4.91. The maximum Gasteiger partial charge on any atom is 0.150 e. The van der Waals surface area contributed by atoms with E-state index in [4.69, 9.17) is 0 Å². The van der Waals surface area contributed by atoms with Crippen molar-refractivity contribution in [3.63, 3.8) is 0 Å². The van der Waals surface area contributed by atoms with Gasteiger partial charge in [0.1, 0.15) is 24.1 Å². The Balaban J connectivity index is 2.31. The molecule has 0 aliphatic heterocycles. The zero-order valence-electron chi connectivity index (χ0n) is 15.8. The van der Waals surface area contributed by atoms with Gasteiger partial charge in [0, 0.05) is 28.2 Å². The fourth-order valence-electron chi connectivity index (χ4n) is 3.38. The van der Waals surface area contributed by atoms with Gasteiger partial charge in [-0.3, -0.25) is 9.59 Å². The predicted octanol–water partition coefficient (Wildman–Crippen LogP) is 5.03. The molecule has 0 amide bonds. The summed E-state index contributed by atoms with van der Waals surface area (Å²) in [7, 11) is 0. The summed E-state index contributed by atoms with van der Waals surface area (Å²) >= 11 is 0. The third kappa shape index (κ3) is 3.81. The fourth-order valence-corrected chi connectivity index (χ4v) is 3.38. The molecule has 0 atom stereocenters. The van der Waals surface area contributed by atoms with Crippen molar-refractivity contribution in [2.75, 3.05) is 0 Å². The molecule has 3 rings (SSSR count). The van der Waals surface area contributed by atoms with Crippen LogP contribution in [0, 0.1) is 0 Å². The van der Waals surface area contributed by atoms with Crippen LogP contribution < -0.4 is 0 Å². The van der Waals surface area contributed by atoms with Crippen LogP contribution in [0.2, 0.25) is 0 Å². The first-order valence-corrected chi connectivity index (χ1v) is 9.10. The van der Waals surface area contributed by atoms with E-state index in [-0.39, 0.29) is 11.5 Å². The van der Waals surface area contributed by atoms with Crippen LogP contribution in [0.25, 0.3) is 0 Å². The van der Waals surface area contributed by atoms with Crippen molar-refractivity contribution in [3.8, 4) is 11.5 Å². The van der Waals surface area contributed by atoms with E-state index in [9.17, 15) is 19.8 Å². The van der Waals surface area contributed by atoms with Gasteiger partial charge < -0.3 is 10.2 Å². The number of hydrogen-bond acceptors (Lipinski definition) is 4. The van der Waals surface area contributed by atoms with Crippen LogP contribution in [-0.2, 0) is 0 Å². The molecule has 0 heterocycles. The maximum absolute atomic E-state index is 11.3. The molecule has 0 spiro atoms. The Morgan fingerprint density at radius 1 is 0.714 bits per heavy atom. The monoisotopic (exact) mass is 374 g/mol. The SMILES string of the molecule is CC(C)c1cccc(C(c2cc(C=O)ccc2O)c2cc(C=O)ccc2O)c1. The number of rotatable bonds is 6. The van der Waals surface area contributed by atoms with Crippen LogP contribution in [-0.4, -0.2) is 22.8 Å². The van der Waals surface area contributed by atoms with Gasteiger partial charge in [-0.05, 0) is 53.4 Å². The highest BCUT2D eigenvalue weighted by Gasteiger charge is 2.24. The molecular formula is C24H22O4. The van der Waals surface area contributed by atoms with Gasteiger partial charge in [0.15, 0.2) is 0 Å². The van der Waals surface area contributed by atoms with Gasteiger partial charge in [0.2, 0.25) is 0 Å². The van der Waals surface area contributed by atoms with E-state index in [1.54, 1.807) is 12.1 Å². The second-order valence-corrected chi connectivity index (χ2v) is 7.13. The molecule has 28 heavy (non-hydrogen) atoms. The number of carbonyl (C=O) groups excluding carboxylic acids is 2. The highest BCUT2D eigenvalue weighted by Crippen LogP contribution is 2.41. The van der Waals surface area contributed by atoms with Gasteiger partial charge in [-0.2, -0.15) is 0 Å². The summed E-state index contributed by atoms with van der Waals surface area (Å²) in [6.07, 6.45) is 1.43. The fraction of sp³-hybridized carbons (Fsp3) is 0.167. The lowest BCUT2D eigenvalue weighted by Gasteiger charge is -2.22. The minimum absolute atomic E-state index is 0.0152. The molecule has 3 aromatic carbocycles. The van der Waals surface area contributed by atoms with E-state index in [0.29, 0.717) is 40.7 Å². The Kier molecular flexibility index (Phi) is 5.59. The highest BCUT2D eigenvalue weighted by molar-refractivity contribution is 5.77. The molecular weight excluding hydrogens is 352 g/mol. The largest absolute Gasteiger partial charge is 0.508 e. The number of aldehydes is 2. The van der Waals surface area contributed by atoms with Crippen LogP contribution in [0.1, 0.15) is 68.7 Å². The van der Waals surface area contributed by atoms with Crippen molar-refractivity contribution in [1.29, 1.82) is 0 Å². The van der Waals surface area contributed by atoms with Gasteiger partial charge in [-0.15, -0.1) is 0 Å². The number of phenolic OH excluding ortho intramolecular Hbond substituents is 2. The molecule has 3 aromatic rings. The second kappa shape index (κ2) is 8.09. The van der Waals surface area contributed by atoms with Gasteiger partial charge in [0.05, 0.1) is 0 Å². The number of hydrogen-bond donors (Lipinski definition) is 2. The topological polar surface area (TPSA) is 74.6 Å². The van der Waals surface area contributed by atoms with Crippen LogP contribution in [0.15, 0.2) is 60.7 Å². The standard InChI is InChI=1S/C24H22O4/c1-15(2)18-4-3-5-19(12-18)24(20-10-16(13-25)6-8-22(20)27)21-11-17(14-26)7-9-23(21)28/h3-15,24,27-28H,1-2H3.